The van der Waals surface area contributed by atoms with Gasteiger partial charge in [0.15, 0.2) is 0 Å². The summed E-state index contributed by atoms with van der Waals surface area (Å²) in [4.78, 5) is 10.9. The van der Waals surface area contributed by atoms with E-state index in [0.29, 0.717) is 6.01 Å². The van der Waals surface area contributed by atoms with Gasteiger partial charge in [0.2, 0.25) is 0 Å². The van der Waals surface area contributed by atoms with E-state index in [2.05, 4.69) is 14.9 Å². The molecule has 1 aliphatic rings. The topological polar surface area (TPSA) is 47.5 Å². The summed E-state index contributed by atoms with van der Waals surface area (Å²) in [7, 11) is 1.57. The molecule has 2 aromatic rings. The minimum Gasteiger partial charge on any atom is -0.493 e. The van der Waals surface area contributed by atoms with Crippen LogP contribution in [0, 0.1) is 0 Å². The van der Waals surface area contributed by atoms with E-state index in [1.807, 2.05) is 18.2 Å². The zero-order valence-electron chi connectivity index (χ0n) is 12.4. The van der Waals surface area contributed by atoms with Crippen molar-refractivity contribution in [2.45, 2.75) is 19.3 Å². The van der Waals surface area contributed by atoms with Crippen LogP contribution in [0.4, 0.5) is 0 Å². The molecule has 21 heavy (non-hydrogen) atoms. The maximum absolute atomic E-state index is 5.82. The highest BCUT2D eigenvalue weighted by Crippen LogP contribution is 2.20. The molecule has 0 bridgehead atoms. The van der Waals surface area contributed by atoms with Crippen molar-refractivity contribution in [3.8, 4) is 11.8 Å². The molecule has 0 spiro atoms. The second-order valence-corrected chi connectivity index (χ2v) is 5.33. The number of likely N-dealkylation sites (tertiary alicyclic amines) is 1. The molecule has 0 amide bonds. The molecule has 5 nitrogen and oxygen atoms in total. The van der Waals surface area contributed by atoms with Gasteiger partial charge >= 0.3 is 6.01 Å². The van der Waals surface area contributed by atoms with Crippen LogP contribution in [0.5, 0.6) is 11.8 Å². The predicted octanol–water partition coefficient (Wildman–Crippen LogP) is 2.50. The summed E-state index contributed by atoms with van der Waals surface area (Å²) >= 11 is 0. The molecule has 0 atom stereocenters. The molecule has 0 radical (unpaired) electrons. The van der Waals surface area contributed by atoms with Gasteiger partial charge in [-0.3, -0.25) is 0 Å². The lowest BCUT2D eigenvalue weighted by Gasteiger charge is -2.14. The third-order valence-electron chi connectivity index (χ3n) is 3.80. The number of ether oxygens (including phenoxy) is 2. The fourth-order valence-electron chi connectivity index (χ4n) is 2.66. The Balaban J connectivity index is 1.56. The maximum atomic E-state index is 5.82. The molecule has 2 heterocycles. The van der Waals surface area contributed by atoms with Crippen LogP contribution in [-0.2, 0) is 0 Å². The summed E-state index contributed by atoms with van der Waals surface area (Å²) in [6, 6.07) is 6.27. The lowest BCUT2D eigenvalue weighted by molar-refractivity contribution is 0.263. The van der Waals surface area contributed by atoms with Crippen molar-refractivity contribution in [3.05, 3.63) is 24.4 Å². The molecule has 1 aliphatic heterocycles. The van der Waals surface area contributed by atoms with Crippen LogP contribution in [0.1, 0.15) is 19.3 Å². The third-order valence-corrected chi connectivity index (χ3v) is 3.80. The number of nitrogens with zero attached hydrogens (tertiary/aromatic N) is 3. The lowest BCUT2D eigenvalue weighted by atomic mass is 10.2. The largest absolute Gasteiger partial charge is 0.493 e. The first-order chi connectivity index (χ1) is 10.3. The number of rotatable bonds is 6. The molecular weight excluding hydrogens is 266 g/mol. The fourth-order valence-corrected chi connectivity index (χ4v) is 2.66. The summed E-state index contributed by atoms with van der Waals surface area (Å²) in [5.41, 5.74) is 0.846. The van der Waals surface area contributed by atoms with Gasteiger partial charge < -0.3 is 14.4 Å². The molecule has 1 aromatic carbocycles. The maximum Gasteiger partial charge on any atom is 0.316 e. The number of hydrogen-bond acceptors (Lipinski definition) is 5. The number of fused-ring (bicyclic) bond motifs is 1. The van der Waals surface area contributed by atoms with Crippen LogP contribution in [0.2, 0.25) is 0 Å². The molecule has 0 saturated carbocycles. The van der Waals surface area contributed by atoms with E-state index < -0.39 is 0 Å². The van der Waals surface area contributed by atoms with Gasteiger partial charge in [0, 0.05) is 24.2 Å². The van der Waals surface area contributed by atoms with Gasteiger partial charge in [-0.15, -0.1) is 0 Å². The van der Waals surface area contributed by atoms with Crippen molar-refractivity contribution in [2.75, 3.05) is 33.4 Å². The highest BCUT2D eigenvalue weighted by atomic mass is 16.5. The van der Waals surface area contributed by atoms with Crippen LogP contribution in [0.15, 0.2) is 24.4 Å². The first-order valence-electron chi connectivity index (χ1n) is 7.51. The summed E-state index contributed by atoms with van der Waals surface area (Å²) in [5, 5.41) is 0.986. The van der Waals surface area contributed by atoms with Gasteiger partial charge in [0.1, 0.15) is 5.75 Å². The van der Waals surface area contributed by atoms with Crippen molar-refractivity contribution in [2.24, 2.45) is 0 Å². The van der Waals surface area contributed by atoms with Crippen LogP contribution in [0.25, 0.3) is 10.9 Å². The molecule has 112 valence electrons. The van der Waals surface area contributed by atoms with Crippen LogP contribution in [0.3, 0.4) is 0 Å². The Morgan fingerprint density at radius 1 is 1.24 bits per heavy atom. The smallest absolute Gasteiger partial charge is 0.316 e. The number of methoxy groups -OCH3 is 1. The van der Waals surface area contributed by atoms with Gasteiger partial charge in [0.05, 0.1) is 19.2 Å². The molecule has 1 aromatic heterocycles. The minimum absolute atomic E-state index is 0.383. The summed E-state index contributed by atoms with van der Waals surface area (Å²) in [6.45, 7) is 4.35. The lowest BCUT2D eigenvalue weighted by Crippen LogP contribution is -2.21. The average molecular weight is 287 g/mol. The van der Waals surface area contributed by atoms with Gasteiger partial charge in [-0.1, -0.05) is 0 Å². The summed E-state index contributed by atoms with van der Waals surface area (Å²) in [6.07, 6.45) is 5.50. The van der Waals surface area contributed by atoms with E-state index in [0.717, 1.165) is 36.2 Å². The Morgan fingerprint density at radius 3 is 2.90 bits per heavy atom. The fraction of sp³-hybridized carbons (Fsp3) is 0.500. The number of hydrogen-bond donors (Lipinski definition) is 0. The van der Waals surface area contributed by atoms with Gasteiger partial charge in [-0.05, 0) is 44.5 Å². The van der Waals surface area contributed by atoms with Crippen LogP contribution >= 0.6 is 0 Å². The van der Waals surface area contributed by atoms with Crippen molar-refractivity contribution in [3.63, 3.8) is 0 Å². The molecule has 0 unspecified atom stereocenters. The Bertz CT molecular complexity index is 597. The van der Waals surface area contributed by atoms with Crippen LogP contribution < -0.4 is 9.47 Å². The SMILES string of the molecule is COc1ncc2ccc(OCCCN3CCCC3)cc2n1. The van der Waals surface area contributed by atoms with Crippen molar-refractivity contribution < 1.29 is 9.47 Å². The molecule has 0 aliphatic carbocycles. The van der Waals surface area contributed by atoms with Crippen molar-refractivity contribution >= 4 is 10.9 Å². The van der Waals surface area contributed by atoms with Crippen molar-refractivity contribution in [1.82, 2.24) is 14.9 Å². The highest BCUT2D eigenvalue weighted by Gasteiger charge is 2.10. The number of aromatic nitrogens is 2. The molecular formula is C16H21N3O2. The van der Waals surface area contributed by atoms with E-state index in [-0.39, 0.29) is 0 Å². The van der Waals surface area contributed by atoms with E-state index in [4.69, 9.17) is 9.47 Å². The van der Waals surface area contributed by atoms with E-state index in [9.17, 15) is 0 Å². The molecule has 3 rings (SSSR count). The molecule has 0 N–H and O–H groups in total. The van der Waals surface area contributed by atoms with Gasteiger partial charge in [0.25, 0.3) is 0 Å². The predicted molar refractivity (Wildman–Crippen MR) is 81.9 cm³/mol. The number of benzene rings is 1. The zero-order chi connectivity index (χ0) is 14.5. The minimum atomic E-state index is 0.383. The Hall–Kier alpha value is -1.88. The Kier molecular flexibility index (Phi) is 4.50. The molecule has 1 fully saturated rings. The highest BCUT2D eigenvalue weighted by molar-refractivity contribution is 5.79. The monoisotopic (exact) mass is 287 g/mol. The van der Waals surface area contributed by atoms with Crippen LogP contribution in [-0.4, -0.2) is 48.2 Å². The molecule has 5 heteroatoms. The van der Waals surface area contributed by atoms with Gasteiger partial charge in [-0.25, -0.2) is 4.98 Å². The quantitative estimate of drug-likeness (QED) is 0.764. The standard InChI is InChI=1S/C16H21N3O2/c1-20-16-17-12-13-5-6-14(11-15(13)18-16)21-10-4-9-19-7-2-3-8-19/h5-6,11-12H,2-4,7-10H2,1H3. The average Bonchev–Trinajstić information content (AvgIpc) is 3.04. The van der Waals surface area contributed by atoms with E-state index in [1.54, 1.807) is 13.3 Å². The zero-order valence-corrected chi connectivity index (χ0v) is 12.4. The third kappa shape index (κ3) is 3.61. The summed E-state index contributed by atoms with van der Waals surface area (Å²) in [5.74, 6) is 0.852. The van der Waals surface area contributed by atoms with Crippen molar-refractivity contribution in [1.29, 1.82) is 0 Å². The van der Waals surface area contributed by atoms with E-state index >= 15 is 0 Å². The first kappa shape index (κ1) is 14.1. The second kappa shape index (κ2) is 6.72. The normalized spacial score (nSPS) is 15.5. The molecule has 1 saturated heterocycles. The second-order valence-electron chi connectivity index (χ2n) is 5.33. The van der Waals surface area contributed by atoms with Gasteiger partial charge in [-0.2, -0.15) is 4.98 Å². The summed E-state index contributed by atoms with van der Waals surface area (Å²) < 4.78 is 10.9. The Morgan fingerprint density at radius 2 is 2.10 bits per heavy atom. The Labute approximate surface area is 124 Å². The first-order valence-corrected chi connectivity index (χ1v) is 7.51. The van der Waals surface area contributed by atoms with E-state index in [1.165, 1.54) is 25.9 Å².